The molecule has 1 saturated carbocycles. The Balaban J connectivity index is 1.49. The summed E-state index contributed by atoms with van der Waals surface area (Å²) in [6.45, 7) is 10.1. The molecule has 2 aliphatic heterocycles. The maximum Gasteiger partial charge on any atom is 0.0346 e. The van der Waals surface area contributed by atoms with Crippen molar-refractivity contribution in [2.24, 2.45) is 5.92 Å². The number of rotatable bonds is 2. The minimum Gasteiger partial charge on any atom is -0.314 e. The molecule has 3 aliphatic rings. The second-order valence-electron chi connectivity index (χ2n) is 6.21. The van der Waals surface area contributed by atoms with Gasteiger partial charge in [0.05, 0.1) is 0 Å². The van der Waals surface area contributed by atoms with E-state index in [1.807, 2.05) is 0 Å². The lowest BCUT2D eigenvalue weighted by molar-refractivity contribution is 0.0265. The molecule has 3 rings (SSSR count). The Bertz CT molecular complexity index is 244. The zero-order chi connectivity index (χ0) is 11.7. The van der Waals surface area contributed by atoms with E-state index >= 15 is 0 Å². The Morgan fingerprint density at radius 2 is 1.53 bits per heavy atom. The van der Waals surface area contributed by atoms with Gasteiger partial charge in [-0.15, -0.1) is 0 Å². The quantitative estimate of drug-likeness (QED) is 0.777. The highest BCUT2D eigenvalue weighted by Gasteiger charge is 2.32. The van der Waals surface area contributed by atoms with Crippen molar-refractivity contribution in [2.45, 2.75) is 44.7 Å². The first-order valence-electron chi connectivity index (χ1n) is 7.53. The van der Waals surface area contributed by atoms with Gasteiger partial charge in [0.1, 0.15) is 0 Å². The molecule has 1 N–H and O–H groups in total. The molecule has 0 bridgehead atoms. The first kappa shape index (κ1) is 11.9. The SMILES string of the molecule is CC1CCCCC1N1CCN(C2CNC2)CC1. The third-order valence-corrected chi connectivity index (χ3v) is 5.16. The minimum absolute atomic E-state index is 0.848. The lowest BCUT2D eigenvalue weighted by Gasteiger charge is -2.47. The molecule has 0 aromatic carbocycles. The third kappa shape index (κ3) is 2.51. The van der Waals surface area contributed by atoms with Crippen LogP contribution in [0.4, 0.5) is 0 Å². The third-order valence-electron chi connectivity index (χ3n) is 5.16. The molecule has 0 aromatic rings. The van der Waals surface area contributed by atoms with Crippen LogP contribution in [0.3, 0.4) is 0 Å². The van der Waals surface area contributed by atoms with Crippen molar-refractivity contribution in [1.29, 1.82) is 0 Å². The van der Waals surface area contributed by atoms with Crippen LogP contribution in [0.5, 0.6) is 0 Å². The number of nitrogens with zero attached hydrogens (tertiary/aromatic N) is 2. The number of piperazine rings is 1. The lowest BCUT2D eigenvalue weighted by Crippen LogP contribution is -2.62. The van der Waals surface area contributed by atoms with Crippen LogP contribution < -0.4 is 5.32 Å². The predicted molar refractivity (Wildman–Crippen MR) is 71.2 cm³/mol. The van der Waals surface area contributed by atoms with E-state index in [0.29, 0.717) is 0 Å². The molecule has 2 unspecified atom stereocenters. The number of hydrogen-bond acceptors (Lipinski definition) is 3. The highest BCUT2D eigenvalue weighted by Crippen LogP contribution is 2.28. The molecule has 0 spiro atoms. The maximum atomic E-state index is 3.38. The fourth-order valence-electron chi connectivity index (χ4n) is 3.80. The van der Waals surface area contributed by atoms with Gasteiger partial charge in [-0.1, -0.05) is 19.8 Å². The molecular weight excluding hydrogens is 210 g/mol. The fourth-order valence-corrected chi connectivity index (χ4v) is 3.80. The Hall–Kier alpha value is -0.120. The van der Waals surface area contributed by atoms with Gasteiger partial charge in [0.2, 0.25) is 0 Å². The van der Waals surface area contributed by atoms with Crippen LogP contribution >= 0.6 is 0 Å². The molecule has 2 heterocycles. The van der Waals surface area contributed by atoms with Gasteiger partial charge in [-0.05, 0) is 18.8 Å². The Labute approximate surface area is 106 Å². The summed E-state index contributed by atoms with van der Waals surface area (Å²) in [5.74, 6) is 0.931. The average molecular weight is 237 g/mol. The average Bonchev–Trinajstić information content (AvgIpc) is 2.29. The van der Waals surface area contributed by atoms with Gasteiger partial charge >= 0.3 is 0 Å². The first-order valence-corrected chi connectivity index (χ1v) is 7.53. The molecule has 17 heavy (non-hydrogen) atoms. The molecular formula is C14H27N3. The van der Waals surface area contributed by atoms with Gasteiger partial charge in [0.25, 0.3) is 0 Å². The van der Waals surface area contributed by atoms with Gasteiger partial charge in [-0.25, -0.2) is 0 Å². The largest absolute Gasteiger partial charge is 0.314 e. The smallest absolute Gasteiger partial charge is 0.0346 e. The summed E-state index contributed by atoms with van der Waals surface area (Å²) in [4.78, 5) is 5.48. The van der Waals surface area contributed by atoms with E-state index in [1.54, 1.807) is 0 Å². The standard InChI is InChI=1S/C14H27N3/c1-12-4-2-3-5-14(12)17-8-6-16(7-9-17)13-10-15-11-13/h12-15H,2-11H2,1H3. The summed E-state index contributed by atoms with van der Waals surface area (Å²) in [6.07, 6.45) is 5.83. The highest BCUT2D eigenvalue weighted by molar-refractivity contribution is 4.90. The predicted octanol–water partition coefficient (Wildman–Crippen LogP) is 1.15. The molecule has 1 aliphatic carbocycles. The van der Waals surface area contributed by atoms with Gasteiger partial charge < -0.3 is 5.32 Å². The second kappa shape index (κ2) is 5.25. The van der Waals surface area contributed by atoms with Crippen LogP contribution in [0.25, 0.3) is 0 Å². The molecule has 0 amide bonds. The van der Waals surface area contributed by atoms with Gasteiger partial charge in [-0.2, -0.15) is 0 Å². The van der Waals surface area contributed by atoms with Crippen LogP contribution in [0.2, 0.25) is 0 Å². The minimum atomic E-state index is 0.848. The van der Waals surface area contributed by atoms with Crippen LogP contribution in [-0.2, 0) is 0 Å². The van der Waals surface area contributed by atoms with E-state index in [-0.39, 0.29) is 0 Å². The van der Waals surface area contributed by atoms with Gasteiger partial charge in [-0.3, -0.25) is 9.80 Å². The molecule has 2 atom stereocenters. The van der Waals surface area contributed by atoms with Crippen molar-refractivity contribution in [3.63, 3.8) is 0 Å². The van der Waals surface area contributed by atoms with Crippen molar-refractivity contribution in [2.75, 3.05) is 39.3 Å². The Kier molecular flexibility index (Phi) is 3.69. The van der Waals surface area contributed by atoms with E-state index in [9.17, 15) is 0 Å². The van der Waals surface area contributed by atoms with Crippen LogP contribution in [0.1, 0.15) is 32.6 Å². The monoisotopic (exact) mass is 237 g/mol. The fraction of sp³-hybridized carbons (Fsp3) is 1.00. The molecule has 3 heteroatoms. The summed E-state index contributed by atoms with van der Waals surface area (Å²) in [5, 5.41) is 3.38. The molecule has 2 saturated heterocycles. The van der Waals surface area contributed by atoms with Gasteiger partial charge in [0.15, 0.2) is 0 Å². The molecule has 98 valence electrons. The Morgan fingerprint density at radius 1 is 0.882 bits per heavy atom. The van der Waals surface area contributed by atoms with Crippen LogP contribution in [0, 0.1) is 5.92 Å². The van der Waals surface area contributed by atoms with Crippen molar-refractivity contribution in [3.8, 4) is 0 Å². The van der Waals surface area contributed by atoms with Crippen molar-refractivity contribution in [3.05, 3.63) is 0 Å². The zero-order valence-corrected chi connectivity index (χ0v) is 11.2. The van der Waals surface area contributed by atoms with E-state index in [2.05, 4.69) is 22.0 Å². The highest BCUT2D eigenvalue weighted by atomic mass is 15.3. The Morgan fingerprint density at radius 3 is 2.12 bits per heavy atom. The summed E-state index contributed by atoms with van der Waals surface area (Å²) in [7, 11) is 0. The van der Waals surface area contributed by atoms with E-state index < -0.39 is 0 Å². The first-order chi connectivity index (χ1) is 8.34. The van der Waals surface area contributed by atoms with E-state index in [1.165, 1.54) is 65.0 Å². The van der Waals surface area contributed by atoms with E-state index in [4.69, 9.17) is 0 Å². The number of nitrogens with one attached hydrogen (secondary N) is 1. The number of hydrogen-bond donors (Lipinski definition) is 1. The molecule has 0 radical (unpaired) electrons. The molecule has 0 aromatic heterocycles. The summed E-state index contributed by atoms with van der Waals surface area (Å²) >= 11 is 0. The summed E-state index contributed by atoms with van der Waals surface area (Å²) in [6, 6.07) is 1.74. The zero-order valence-electron chi connectivity index (χ0n) is 11.2. The molecule has 3 nitrogen and oxygen atoms in total. The topological polar surface area (TPSA) is 18.5 Å². The molecule has 3 fully saturated rings. The van der Waals surface area contributed by atoms with Gasteiger partial charge in [0, 0.05) is 51.4 Å². The summed E-state index contributed by atoms with van der Waals surface area (Å²) < 4.78 is 0. The lowest BCUT2D eigenvalue weighted by atomic mass is 9.84. The van der Waals surface area contributed by atoms with Crippen molar-refractivity contribution < 1.29 is 0 Å². The van der Waals surface area contributed by atoms with Crippen molar-refractivity contribution >= 4 is 0 Å². The second-order valence-corrected chi connectivity index (χ2v) is 6.21. The normalized spacial score (nSPS) is 37.9. The van der Waals surface area contributed by atoms with E-state index in [0.717, 1.165) is 18.0 Å². The van der Waals surface area contributed by atoms with Crippen LogP contribution in [-0.4, -0.2) is 61.2 Å². The summed E-state index contributed by atoms with van der Waals surface area (Å²) in [5.41, 5.74) is 0. The van der Waals surface area contributed by atoms with Crippen molar-refractivity contribution in [1.82, 2.24) is 15.1 Å². The maximum absolute atomic E-state index is 3.38. The van der Waals surface area contributed by atoms with Crippen LogP contribution in [0.15, 0.2) is 0 Å².